The lowest BCUT2D eigenvalue weighted by Crippen LogP contribution is -2.38. The zero-order valence-electron chi connectivity index (χ0n) is 16.7. The molecule has 0 bridgehead atoms. The molecule has 1 heterocycles. The van der Waals surface area contributed by atoms with E-state index in [-0.39, 0.29) is 29.9 Å². The SMILES string of the molecule is CCNC(=NCc1ccc(Cl)cc1)NCCCC(=O)N1Cc2ccccc2C1.I. The van der Waals surface area contributed by atoms with E-state index >= 15 is 0 Å². The Kier molecular flexibility index (Phi) is 9.73. The molecule has 0 aliphatic carbocycles. The van der Waals surface area contributed by atoms with Crippen LogP contribution in [0.1, 0.15) is 36.5 Å². The maximum Gasteiger partial charge on any atom is 0.223 e. The minimum atomic E-state index is 0. The number of nitrogens with one attached hydrogen (secondary N) is 2. The van der Waals surface area contributed by atoms with E-state index in [9.17, 15) is 4.79 Å². The molecule has 2 N–H and O–H groups in total. The first-order valence-electron chi connectivity index (χ1n) is 9.77. The van der Waals surface area contributed by atoms with E-state index in [1.54, 1.807) is 0 Å². The fraction of sp³-hybridized carbons (Fsp3) is 0.364. The number of carbonyl (C=O) groups is 1. The molecule has 2 aromatic rings. The highest BCUT2D eigenvalue weighted by molar-refractivity contribution is 14.0. The fourth-order valence-corrected chi connectivity index (χ4v) is 3.34. The van der Waals surface area contributed by atoms with E-state index in [0.29, 0.717) is 19.5 Å². The van der Waals surface area contributed by atoms with Crippen molar-refractivity contribution < 1.29 is 4.79 Å². The minimum absolute atomic E-state index is 0. The van der Waals surface area contributed by atoms with Crippen LogP contribution in [0.5, 0.6) is 0 Å². The van der Waals surface area contributed by atoms with Crippen LogP contribution in [0.2, 0.25) is 5.02 Å². The van der Waals surface area contributed by atoms with Crippen LogP contribution in [-0.4, -0.2) is 29.9 Å². The Morgan fingerprint density at radius 1 is 1.07 bits per heavy atom. The first-order valence-corrected chi connectivity index (χ1v) is 10.1. The lowest BCUT2D eigenvalue weighted by molar-refractivity contribution is -0.131. The number of amides is 1. The van der Waals surface area contributed by atoms with Gasteiger partial charge >= 0.3 is 0 Å². The molecule has 0 fully saturated rings. The number of fused-ring (bicyclic) bond motifs is 1. The van der Waals surface area contributed by atoms with Crippen LogP contribution >= 0.6 is 35.6 Å². The van der Waals surface area contributed by atoms with Crippen molar-refractivity contribution in [2.24, 2.45) is 4.99 Å². The molecule has 1 aliphatic rings. The van der Waals surface area contributed by atoms with Crippen LogP contribution in [0.3, 0.4) is 0 Å². The van der Waals surface area contributed by atoms with Gasteiger partial charge in [-0.15, -0.1) is 24.0 Å². The Morgan fingerprint density at radius 2 is 1.72 bits per heavy atom. The van der Waals surface area contributed by atoms with E-state index in [4.69, 9.17) is 11.6 Å². The van der Waals surface area contributed by atoms with Gasteiger partial charge in [-0.05, 0) is 42.2 Å². The molecule has 0 unspecified atom stereocenters. The van der Waals surface area contributed by atoms with Crippen molar-refractivity contribution in [1.29, 1.82) is 0 Å². The van der Waals surface area contributed by atoms with Gasteiger partial charge in [-0.1, -0.05) is 48.0 Å². The second-order valence-electron chi connectivity index (χ2n) is 6.87. The second kappa shape index (κ2) is 12.0. The van der Waals surface area contributed by atoms with Crippen LogP contribution in [0.25, 0.3) is 0 Å². The van der Waals surface area contributed by atoms with Gasteiger partial charge in [0, 0.05) is 37.6 Å². The highest BCUT2D eigenvalue weighted by atomic mass is 127. The molecule has 3 rings (SSSR count). The van der Waals surface area contributed by atoms with Gasteiger partial charge in [-0.2, -0.15) is 0 Å². The third-order valence-electron chi connectivity index (χ3n) is 4.73. The van der Waals surface area contributed by atoms with Crippen molar-refractivity contribution in [2.75, 3.05) is 13.1 Å². The molecule has 1 aliphatic heterocycles. The van der Waals surface area contributed by atoms with Gasteiger partial charge in [-0.25, -0.2) is 4.99 Å². The monoisotopic (exact) mass is 526 g/mol. The summed E-state index contributed by atoms with van der Waals surface area (Å²) in [6.45, 7) is 5.57. The van der Waals surface area contributed by atoms with Gasteiger partial charge in [0.15, 0.2) is 5.96 Å². The zero-order chi connectivity index (χ0) is 19.8. The number of benzene rings is 2. The highest BCUT2D eigenvalue weighted by Gasteiger charge is 2.22. The molecule has 1 amide bonds. The standard InChI is InChI=1S/C22H27ClN4O.HI/c1-2-24-22(26-14-17-9-11-20(23)12-10-17)25-13-5-8-21(28)27-15-18-6-3-4-7-19(18)16-27;/h3-4,6-7,9-12H,2,5,8,13-16H2,1H3,(H2,24,25,26);1H. The maximum absolute atomic E-state index is 12.5. The first-order chi connectivity index (χ1) is 13.7. The predicted molar refractivity (Wildman–Crippen MR) is 130 cm³/mol. The Labute approximate surface area is 194 Å². The number of nitrogens with zero attached hydrogens (tertiary/aromatic N) is 2. The van der Waals surface area contributed by atoms with Crippen molar-refractivity contribution in [3.8, 4) is 0 Å². The number of guanidine groups is 1. The molecule has 0 spiro atoms. The average Bonchev–Trinajstić information content (AvgIpc) is 3.14. The molecular weight excluding hydrogens is 499 g/mol. The Hall–Kier alpha value is -1.80. The Balaban J connectivity index is 0.00000300. The largest absolute Gasteiger partial charge is 0.357 e. The van der Waals surface area contributed by atoms with Crippen molar-refractivity contribution in [3.63, 3.8) is 0 Å². The first kappa shape index (κ1) is 23.5. The molecule has 5 nitrogen and oxygen atoms in total. The average molecular weight is 527 g/mol. The summed E-state index contributed by atoms with van der Waals surface area (Å²) in [6.07, 6.45) is 1.31. The van der Waals surface area contributed by atoms with Crippen molar-refractivity contribution in [2.45, 2.75) is 39.4 Å². The number of halogens is 2. The van der Waals surface area contributed by atoms with Crippen LogP contribution in [0, 0.1) is 0 Å². The molecule has 2 aromatic carbocycles. The lowest BCUT2D eigenvalue weighted by Gasteiger charge is -2.16. The minimum Gasteiger partial charge on any atom is -0.357 e. The molecule has 156 valence electrons. The van der Waals surface area contributed by atoms with Gasteiger partial charge in [0.1, 0.15) is 0 Å². The Morgan fingerprint density at radius 3 is 2.34 bits per heavy atom. The summed E-state index contributed by atoms with van der Waals surface area (Å²) >= 11 is 5.92. The molecule has 0 atom stereocenters. The summed E-state index contributed by atoms with van der Waals surface area (Å²) in [5.74, 6) is 0.972. The summed E-state index contributed by atoms with van der Waals surface area (Å²) in [4.78, 5) is 19.0. The quantitative estimate of drug-likeness (QED) is 0.244. The lowest BCUT2D eigenvalue weighted by atomic mass is 10.1. The summed E-state index contributed by atoms with van der Waals surface area (Å²) < 4.78 is 0. The summed E-state index contributed by atoms with van der Waals surface area (Å²) in [5.41, 5.74) is 3.63. The molecule has 0 radical (unpaired) electrons. The van der Waals surface area contributed by atoms with E-state index in [2.05, 4.69) is 27.8 Å². The number of aliphatic imine (C=N–C) groups is 1. The molecule has 7 heteroatoms. The maximum atomic E-state index is 12.5. The molecule has 0 saturated carbocycles. The van der Waals surface area contributed by atoms with Gasteiger partial charge < -0.3 is 15.5 Å². The van der Waals surface area contributed by atoms with Gasteiger partial charge in [-0.3, -0.25) is 4.79 Å². The second-order valence-corrected chi connectivity index (χ2v) is 7.31. The summed E-state index contributed by atoms with van der Waals surface area (Å²) in [7, 11) is 0. The number of carbonyl (C=O) groups excluding carboxylic acids is 1. The smallest absolute Gasteiger partial charge is 0.223 e. The molecule has 0 saturated heterocycles. The number of hydrogen-bond donors (Lipinski definition) is 2. The van der Waals surface area contributed by atoms with Crippen molar-refractivity contribution in [3.05, 3.63) is 70.2 Å². The van der Waals surface area contributed by atoms with Crippen LogP contribution < -0.4 is 10.6 Å². The van der Waals surface area contributed by atoms with E-state index in [1.165, 1.54) is 11.1 Å². The highest BCUT2D eigenvalue weighted by Crippen LogP contribution is 2.22. The van der Waals surface area contributed by atoms with Crippen molar-refractivity contribution in [1.82, 2.24) is 15.5 Å². The predicted octanol–water partition coefficient (Wildman–Crippen LogP) is 4.34. The number of rotatable bonds is 7. The zero-order valence-corrected chi connectivity index (χ0v) is 19.7. The van der Waals surface area contributed by atoms with E-state index in [0.717, 1.165) is 42.6 Å². The van der Waals surface area contributed by atoms with Crippen LogP contribution in [-0.2, 0) is 24.4 Å². The van der Waals surface area contributed by atoms with Crippen LogP contribution in [0.15, 0.2) is 53.5 Å². The molecule has 29 heavy (non-hydrogen) atoms. The van der Waals surface area contributed by atoms with Crippen molar-refractivity contribution >= 4 is 47.4 Å². The third-order valence-corrected chi connectivity index (χ3v) is 4.98. The summed E-state index contributed by atoms with van der Waals surface area (Å²) in [6, 6.07) is 16.0. The molecule has 0 aromatic heterocycles. The topological polar surface area (TPSA) is 56.7 Å². The van der Waals surface area contributed by atoms with Gasteiger partial charge in [0.05, 0.1) is 6.54 Å². The van der Waals surface area contributed by atoms with Gasteiger partial charge in [0.2, 0.25) is 5.91 Å². The normalized spacial score (nSPS) is 12.9. The fourth-order valence-electron chi connectivity index (χ4n) is 3.22. The Bertz CT molecular complexity index is 801. The van der Waals surface area contributed by atoms with Gasteiger partial charge in [0.25, 0.3) is 0 Å². The summed E-state index contributed by atoms with van der Waals surface area (Å²) in [5, 5.41) is 7.27. The number of hydrogen-bond acceptors (Lipinski definition) is 2. The van der Waals surface area contributed by atoms with E-state index < -0.39 is 0 Å². The van der Waals surface area contributed by atoms with E-state index in [1.807, 2.05) is 48.2 Å². The molecular formula is C22H28ClIN4O. The van der Waals surface area contributed by atoms with Crippen LogP contribution in [0.4, 0.5) is 0 Å². The third kappa shape index (κ3) is 7.19.